The molecule has 0 saturated carbocycles. The van der Waals surface area contributed by atoms with E-state index in [2.05, 4.69) is 15.3 Å². The molecule has 0 radical (unpaired) electrons. The summed E-state index contributed by atoms with van der Waals surface area (Å²) in [5.41, 5.74) is 8.14. The maximum atomic E-state index is 11.1. The van der Waals surface area contributed by atoms with Crippen LogP contribution < -0.4 is 5.32 Å². The zero-order valence-corrected chi connectivity index (χ0v) is 10.9. The quantitative estimate of drug-likeness (QED) is 0.197. The number of azide groups is 1. The van der Waals surface area contributed by atoms with Crippen molar-refractivity contribution in [2.24, 2.45) is 5.11 Å². The molecular formula is C10H18N4O6. The number of aliphatic hydroxyl groups is 3. The molecule has 1 aliphatic heterocycles. The molecule has 0 aliphatic carbocycles. The van der Waals surface area contributed by atoms with Gasteiger partial charge in [0, 0.05) is 18.4 Å². The Morgan fingerprint density at radius 1 is 1.50 bits per heavy atom. The first-order valence-electron chi connectivity index (χ1n) is 6.03. The molecule has 4 N–H and O–H groups in total. The lowest BCUT2D eigenvalue weighted by atomic mass is 9.97. The average Bonchev–Trinajstić information content (AvgIpc) is 2.41. The summed E-state index contributed by atoms with van der Waals surface area (Å²) >= 11 is 0. The van der Waals surface area contributed by atoms with E-state index in [4.69, 9.17) is 20.1 Å². The number of aliphatic hydroxyl groups excluding tert-OH is 3. The fraction of sp³-hybridized carbons (Fsp3) is 0.900. The topological polar surface area (TPSA) is 157 Å². The molecule has 0 aromatic carbocycles. The van der Waals surface area contributed by atoms with Crippen molar-refractivity contribution < 1.29 is 29.6 Å². The molecule has 1 fully saturated rings. The molecule has 0 aromatic rings. The van der Waals surface area contributed by atoms with Crippen LogP contribution in [-0.4, -0.2) is 71.6 Å². The first kappa shape index (κ1) is 16.6. The van der Waals surface area contributed by atoms with E-state index in [9.17, 15) is 15.0 Å². The van der Waals surface area contributed by atoms with Crippen LogP contribution in [0.3, 0.4) is 0 Å². The number of ether oxygens (including phenoxy) is 2. The summed E-state index contributed by atoms with van der Waals surface area (Å²) in [5.74, 6) is -0.434. The van der Waals surface area contributed by atoms with Gasteiger partial charge in [-0.25, -0.2) is 0 Å². The predicted octanol–water partition coefficient (Wildman–Crippen LogP) is -1.74. The zero-order valence-electron chi connectivity index (χ0n) is 10.9. The second-order valence-corrected chi connectivity index (χ2v) is 4.26. The molecule has 114 valence electrons. The minimum atomic E-state index is -1.35. The molecule has 1 saturated heterocycles. The van der Waals surface area contributed by atoms with Gasteiger partial charge in [0.15, 0.2) is 6.29 Å². The van der Waals surface area contributed by atoms with Gasteiger partial charge in [0.25, 0.3) is 0 Å². The molecule has 0 bridgehead atoms. The smallest absolute Gasteiger partial charge is 0.217 e. The average molecular weight is 290 g/mol. The van der Waals surface area contributed by atoms with Crippen LogP contribution in [0.2, 0.25) is 0 Å². The Hall–Kier alpha value is -1.42. The highest BCUT2D eigenvalue weighted by Gasteiger charge is 2.45. The SMILES string of the molecule is CC(=O)NC1C(O)[C@H](O)C(CO)O[C@H]1OCCN=[N+]=[N-]. The lowest BCUT2D eigenvalue weighted by Crippen LogP contribution is -2.64. The van der Waals surface area contributed by atoms with E-state index in [-0.39, 0.29) is 13.2 Å². The number of hydrogen-bond acceptors (Lipinski definition) is 7. The molecular weight excluding hydrogens is 272 g/mol. The molecule has 10 nitrogen and oxygen atoms in total. The molecule has 0 spiro atoms. The minimum Gasteiger partial charge on any atom is -0.394 e. The van der Waals surface area contributed by atoms with Gasteiger partial charge in [-0.1, -0.05) is 5.11 Å². The highest BCUT2D eigenvalue weighted by atomic mass is 16.7. The summed E-state index contributed by atoms with van der Waals surface area (Å²) in [7, 11) is 0. The van der Waals surface area contributed by atoms with Crippen LogP contribution >= 0.6 is 0 Å². The first-order valence-corrected chi connectivity index (χ1v) is 6.03. The van der Waals surface area contributed by atoms with E-state index in [1.165, 1.54) is 6.92 Å². The highest BCUT2D eigenvalue weighted by Crippen LogP contribution is 2.22. The largest absolute Gasteiger partial charge is 0.394 e. The van der Waals surface area contributed by atoms with Crippen molar-refractivity contribution in [1.82, 2.24) is 5.32 Å². The van der Waals surface area contributed by atoms with Gasteiger partial charge in [-0.05, 0) is 5.53 Å². The van der Waals surface area contributed by atoms with Gasteiger partial charge >= 0.3 is 0 Å². The predicted molar refractivity (Wildman–Crippen MR) is 65.3 cm³/mol. The molecule has 1 amide bonds. The van der Waals surface area contributed by atoms with Crippen molar-refractivity contribution in [3.8, 4) is 0 Å². The number of rotatable bonds is 6. The Morgan fingerprint density at radius 3 is 2.75 bits per heavy atom. The first-order chi connectivity index (χ1) is 9.51. The molecule has 0 aromatic heterocycles. The molecule has 5 atom stereocenters. The van der Waals surface area contributed by atoms with Gasteiger partial charge in [0.1, 0.15) is 24.4 Å². The van der Waals surface area contributed by atoms with E-state index in [0.29, 0.717) is 0 Å². The fourth-order valence-electron chi connectivity index (χ4n) is 1.87. The summed E-state index contributed by atoms with van der Waals surface area (Å²) in [6.07, 6.45) is -4.80. The maximum absolute atomic E-state index is 11.1. The Kier molecular flexibility index (Phi) is 6.65. The minimum absolute atomic E-state index is 0.00573. The van der Waals surface area contributed by atoms with Gasteiger partial charge in [0.2, 0.25) is 5.91 Å². The van der Waals surface area contributed by atoms with Crippen molar-refractivity contribution in [2.45, 2.75) is 37.6 Å². The molecule has 20 heavy (non-hydrogen) atoms. The van der Waals surface area contributed by atoms with Crippen LogP contribution in [0.25, 0.3) is 10.4 Å². The Balaban J connectivity index is 2.72. The Bertz CT molecular complexity index is 375. The van der Waals surface area contributed by atoms with Crippen LogP contribution in [0.15, 0.2) is 5.11 Å². The Morgan fingerprint density at radius 2 is 2.20 bits per heavy atom. The second kappa shape index (κ2) is 8.00. The van der Waals surface area contributed by atoms with Crippen molar-refractivity contribution in [2.75, 3.05) is 19.8 Å². The number of hydrogen-bond donors (Lipinski definition) is 4. The number of nitrogens with one attached hydrogen (secondary N) is 1. The number of carbonyl (C=O) groups excluding carboxylic acids is 1. The van der Waals surface area contributed by atoms with E-state index < -0.39 is 43.2 Å². The third kappa shape index (κ3) is 4.30. The molecule has 1 rings (SSSR count). The molecule has 1 aliphatic rings. The van der Waals surface area contributed by atoms with Crippen LogP contribution in [0.1, 0.15) is 6.92 Å². The summed E-state index contributed by atoms with van der Waals surface area (Å²) in [4.78, 5) is 13.7. The van der Waals surface area contributed by atoms with Gasteiger partial charge in [-0.2, -0.15) is 0 Å². The monoisotopic (exact) mass is 290 g/mol. The van der Waals surface area contributed by atoms with Crippen LogP contribution in [-0.2, 0) is 14.3 Å². The molecule has 3 unspecified atom stereocenters. The van der Waals surface area contributed by atoms with Crippen molar-refractivity contribution in [3.63, 3.8) is 0 Å². The van der Waals surface area contributed by atoms with E-state index in [1.54, 1.807) is 0 Å². The number of amides is 1. The van der Waals surface area contributed by atoms with Gasteiger partial charge < -0.3 is 30.1 Å². The van der Waals surface area contributed by atoms with E-state index in [1.807, 2.05) is 0 Å². The lowest BCUT2D eigenvalue weighted by Gasteiger charge is -2.42. The van der Waals surface area contributed by atoms with Crippen LogP contribution in [0.5, 0.6) is 0 Å². The van der Waals surface area contributed by atoms with E-state index >= 15 is 0 Å². The molecule has 10 heteroatoms. The third-order valence-corrected chi connectivity index (χ3v) is 2.79. The van der Waals surface area contributed by atoms with Crippen molar-refractivity contribution in [1.29, 1.82) is 0 Å². The highest BCUT2D eigenvalue weighted by molar-refractivity contribution is 5.73. The van der Waals surface area contributed by atoms with E-state index in [0.717, 1.165) is 0 Å². The summed E-state index contributed by atoms with van der Waals surface area (Å²) in [6, 6.07) is -0.989. The van der Waals surface area contributed by atoms with Gasteiger partial charge in [-0.15, -0.1) is 0 Å². The van der Waals surface area contributed by atoms with Gasteiger partial charge in [0.05, 0.1) is 13.2 Å². The standard InChI is InChI=1S/C10H18N4O6/c1-5(16)13-7-9(18)8(17)6(4-15)20-10(7)19-3-2-12-14-11/h6-10,15,17-18H,2-4H2,1H3,(H,13,16)/t6?,7?,8-,9?,10-/m1/s1. The normalized spacial score (nSPS) is 33.3. The third-order valence-electron chi connectivity index (χ3n) is 2.79. The maximum Gasteiger partial charge on any atom is 0.217 e. The Labute approximate surface area is 114 Å². The fourth-order valence-corrected chi connectivity index (χ4v) is 1.87. The lowest BCUT2D eigenvalue weighted by molar-refractivity contribution is -0.269. The van der Waals surface area contributed by atoms with Crippen LogP contribution in [0, 0.1) is 0 Å². The summed E-state index contributed by atoms with van der Waals surface area (Å²) in [6.45, 7) is 0.785. The van der Waals surface area contributed by atoms with Crippen molar-refractivity contribution >= 4 is 5.91 Å². The van der Waals surface area contributed by atoms with Crippen LogP contribution in [0.4, 0.5) is 0 Å². The number of carbonyl (C=O) groups is 1. The summed E-state index contributed by atoms with van der Waals surface area (Å²) in [5, 5.41) is 34.4. The molecule has 1 heterocycles. The van der Waals surface area contributed by atoms with Crippen molar-refractivity contribution in [3.05, 3.63) is 10.4 Å². The number of nitrogens with zero attached hydrogens (tertiary/aromatic N) is 3. The zero-order chi connectivity index (χ0) is 15.1. The summed E-state index contributed by atoms with van der Waals surface area (Å²) < 4.78 is 10.5. The van der Waals surface area contributed by atoms with Gasteiger partial charge in [-0.3, -0.25) is 4.79 Å². The second-order valence-electron chi connectivity index (χ2n) is 4.26.